The fraction of sp³-hybridized carbons (Fsp3) is 0.208. The van der Waals surface area contributed by atoms with Crippen LogP contribution in [0.15, 0.2) is 59.0 Å². The fourth-order valence-electron chi connectivity index (χ4n) is 4.42. The lowest BCUT2D eigenvalue weighted by Gasteiger charge is -2.23. The molecule has 0 saturated heterocycles. The van der Waals surface area contributed by atoms with Gasteiger partial charge in [0.05, 0.1) is 12.3 Å². The Balaban J connectivity index is 1.77. The van der Waals surface area contributed by atoms with Crippen molar-refractivity contribution < 1.29 is 13.9 Å². The second kappa shape index (κ2) is 6.41. The molecule has 4 aromatic rings. The average molecular weight is 371 g/mol. The molecule has 0 radical (unpaired) electrons. The number of nitrogens with one attached hydrogen (secondary N) is 1. The Morgan fingerprint density at radius 2 is 1.89 bits per heavy atom. The lowest BCUT2D eigenvalue weighted by molar-refractivity contribution is 0.0487. The van der Waals surface area contributed by atoms with Gasteiger partial charge in [-0.3, -0.25) is 0 Å². The van der Waals surface area contributed by atoms with Crippen molar-refractivity contribution in [3.63, 3.8) is 0 Å². The van der Waals surface area contributed by atoms with Crippen molar-refractivity contribution in [2.75, 3.05) is 6.61 Å². The van der Waals surface area contributed by atoms with E-state index in [0.29, 0.717) is 18.8 Å². The lowest BCUT2D eigenvalue weighted by Crippen LogP contribution is -2.11. The number of carbonyl (C=O) groups excluding carboxylic acids is 1. The zero-order valence-corrected chi connectivity index (χ0v) is 15.9. The maximum atomic E-state index is 12.4. The number of aromatic nitrogens is 1. The van der Waals surface area contributed by atoms with Crippen molar-refractivity contribution in [1.29, 1.82) is 0 Å². The van der Waals surface area contributed by atoms with E-state index in [1.54, 1.807) is 6.92 Å². The molecule has 28 heavy (non-hydrogen) atoms. The minimum absolute atomic E-state index is 0.167. The molecule has 0 bridgehead atoms. The van der Waals surface area contributed by atoms with Crippen LogP contribution in [0.25, 0.3) is 22.2 Å². The van der Waals surface area contributed by atoms with Crippen LogP contribution in [0.2, 0.25) is 0 Å². The van der Waals surface area contributed by atoms with E-state index in [1.807, 2.05) is 19.1 Å². The highest BCUT2D eigenvalue weighted by Gasteiger charge is 2.35. The van der Waals surface area contributed by atoms with Crippen LogP contribution in [0.5, 0.6) is 0 Å². The van der Waals surface area contributed by atoms with Crippen molar-refractivity contribution >= 4 is 16.9 Å². The minimum atomic E-state index is -0.400. The monoisotopic (exact) mass is 371 g/mol. The summed E-state index contributed by atoms with van der Waals surface area (Å²) in [6.45, 7) is 4.07. The van der Waals surface area contributed by atoms with Gasteiger partial charge in [-0.2, -0.15) is 0 Å². The Kier molecular flexibility index (Phi) is 3.86. The number of benzene rings is 2. The number of esters is 1. The highest BCUT2D eigenvalue weighted by atomic mass is 16.5. The Morgan fingerprint density at radius 3 is 2.68 bits per heavy atom. The molecular formula is C24H21NO3. The summed E-state index contributed by atoms with van der Waals surface area (Å²) in [4.78, 5) is 16.0. The number of ether oxygens (including phenoxy) is 1. The lowest BCUT2D eigenvalue weighted by atomic mass is 9.79. The number of rotatable bonds is 3. The zero-order chi connectivity index (χ0) is 19.3. The predicted octanol–water partition coefficient (Wildman–Crippen LogP) is 5.60. The average Bonchev–Trinajstić information content (AvgIpc) is 3.26. The van der Waals surface area contributed by atoms with Crippen LogP contribution < -0.4 is 0 Å². The van der Waals surface area contributed by atoms with Gasteiger partial charge < -0.3 is 14.1 Å². The third kappa shape index (κ3) is 2.41. The van der Waals surface area contributed by atoms with Crippen LogP contribution in [0.1, 0.15) is 45.8 Å². The summed E-state index contributed by atoms with van der Waals surface area (Å²) in [5.74, 6) is 0.919. The topological polar surface area (TPSA) is 55.2 Å². The third-order valence-corrected chi connectivity index (χ3v) is 5.62. The molecule has 0 amide bonds. The molecule has 1 N–H and O–H groups in total. The summed E-state index contributed by atoms with van der Waals surface area (Å²) >= 11 is 0. The molecular weight excluding hydrogens is 350 g/mol. The third-order valence-electron chi connectivity index (χ3n) is 5.62. The molecule has 140 valence electrons. The molecule has 2 aromatic heterocycles. The standard InChI is InChI=1S/C24H21NO3/c1-3-27-24(26)23-14(2)20-19(28-23)13-17(15-9-5-4-6-10-15)21-16-11-7-8-12-18(16)25-22(20)21/h4-12,17,25H,3,13H2,1-2H3/t17-/m1/s1. The highest BCUT2D eigenvalue weighted by molar-refractivity contribution is 5.97. The molecule has 1 aliphatic rings. The van der Waals surface area contributed by atoms with Crippen molar-refractivity contribution in [3.05, 3.63) is 82.8 Å². The van der Waals surface area contributed by atoms with E-state index in [0.717, 1.165) is 28.1 Å². The van der Waals surface area contributed by atoms with E-state index >= 15 is 0 Å². The SMILES string of the molecule is CCOC(=O)c1oc2c(c1C)-c1[nH]c3ccccc3c1[C@@H](c1ccccc1)C2. The number of hydrogen-bond acceptors (Lipinski definition) is 3. The van der Waals surface area contributed by atoms with Gasteiger partial charge in [-0.1, -0.05) is 48.5 Å². The number of para-hydroxylation sites is 1. The summed E-state index contributed by atoms with van der Waals surface area (Å²) in [5.41, 5.74) is 6.50. The van der Waals surface area contributed by atoms with E-state index < -0.39 is 5.97 Å². The molecule has 2 aromatic carbocycles. The molecule has 0 fully saturated rings. The van der Waals surface area contributed by atoms with Gasteiger partial charge in [0.25, 0.3) is 0 Å². The summed E-state index contributed by atoms with van der Waals surface area (Å²) in [5, 5.41) is 1.22. The van der Waals surface area contributed by atoms with Crippen molar-refractivity contribution in [2.24, 2.45) is 0 Å². The Labute approximate surface area is 163 Å². The molecule has 4 nitrogen and oxygen atoms in total. The van der Waals surface area contributed by atoms with Gasteiger partial charge in [0.1, 0.15) is 5.76 Å². The van der Waals surface area contributed by atoms with Crippen LogP contribution in [-0.2, 0) is 11.2 Å². The predicted molar refractivity (Wildman–Crippen MR) is 109 cm³/mol. The van der Waals surface area contributed by atoms with Gasteiger partial charge >= 0.3 is 5.97 Å². The van der Waals surface area contributed by atoms with E-state index in [1.165, 1.54) is 16.5 Å². The molecule has 1 aliphatic carbocycles. The van der Waals surface area contributed by atoms with Crippen LogP contribution in [-0.4, -0.2) is 17.6 Å². The highest BCUT2D eigenvalue weighted by Crippen LogP contribution is 2.48. The number of carbonyl (C=O) groups is 1. The molecule has 5 rings (SSSR count). The number of fused-ring (bicyclic) bond motifs is 5. The van der Waals surface area contributed by atoms with E-state index in [-0.39, 0.29) is 5.92 Å². The van der Waals surface area contributed by atoms with E-state index in [9.17, 15) is 4.79 Å². The number of furan rings is 1. The first-order chi connectivity index (χ1) is 13.7. The summed E-state index contributed by atoms with van der Waals surface area (Å²) < 4.78 is 11.3. The van der Waals surface area contributed by atoms with Gasteiger partial charge in [0, 0.05) is 34.4 Å². The second-order valence-corrected chi connectivity index (χ2v) is 7.20. The maximum absolute atomic E-state index is 12.4. The Morgan fingerprint density at radius 1 is 1.14 bits per heavy atom. The molecule has 0 aliphatic heterocycles. The molecule has 1 atom stereocenters. The summed E-state index contributed by atoms with van der Waals surface area (Å²) in [6.07, 6.45) is 0.717. The number of H-pyrrole nitrogens is 1. The van der Waals surface area contributed by atoms with Crippen LogP contribution in [0.4, 0.5) is 0 Å². The van der Waals surface area contributed by atoms with Crippen molar-refractivity contribution in [2.45, 2.75) is 26.2 Å². The Hall–Kier alpha value is -3.27. The first kappa shape index (κ1) is 16.9. The smallest absolute Gasteiger partial charge is 0.374 e. The first-order valence-electron chi connectivity index (χ1n) is 9.64. The fourth-order valence-corrected chi connectivity index (χ4v) is 4.42. The van der Waals surface area contributed by atoms with Gasteiger partial charge in [0.15, 0.2) is 0 Å². The van der Waals surface area contributed by atoms with Gasteiger partial charge in [-0.05, 0) is 31.0 Å². The summed E-state index contributed by atoms with van der Waals surface area (Å²) in [7, 11) is 0. The van der Waals surface area contributed by atoms with E-state index in [2.05, 4.69) is 47.4 Å². The normalized spacial score (nSPS) is 15.3. The Bertz CT molecular complexity index is 1180. The van der Waals surface area contributed by atoms with Crippen molar-refractivity contribution in [3.8, 4) is 11.3 Å². The number of aromatic amines is 1. The van der Waals surface area contributed by atoms with Crippen molar-refractivity contribution in [1.82, 2.24) is 4.98 Å². The summed E-state index contributed by atoms with van der Waals surface area (Å²) in [6, 6.07) is 18.8. The van der Waals surface area contributed by atoms with E-state index in [4.69, 9.17) is 9.15 Å². The van der Waals surface area contributed by atoms with Crippen LogP contribution in [0.3, 0.4) is 0 Å². The number of hydrogen-bond donors (Lipinski definition) is 1. The molecule has 0 unspecified atom stereocenters. The van der Waals surface area contributed by atoms with Gasteiger partial charge in [-0.15, -0.1) is 0 Å². The maximum Gasteiger partial charge on any atom is 0.374 e. The second-order valence-electron chi connectivity index (χ2n) is 7.20. The first-order valence-corrected chi connectivity index (χ1v) is 9.64. The quantitative estimate of drug-likeness (QED) is 0.477. The van der Waals surface area contributed by atoms with Crippen LogP contribution >= 0.6 is 0 Å². The molecule has 2 heterocycles. The molecule has 4 heteroatoms. The molecule has 0 saturated carbocycles. The van der Waals surface area contributed by atoms with Gasteiger partial charge in [0.2, 0.25) is 5.76 Å². The van der Waals surface area contributed by atoms with Gasteiger partial charge in [-0.25, -0.2) is 4.79 Å². The zero-order valence-electron chi connectivity index (χ0n) is 15.9. The minimum Gasteiger partial charge on any atom is -0.460 e. The van der Waals surface area contributed by atoms with Crippen LogP contribution in [0, 0.1) is 6.92 Å². The largest absolute Gasteiger partial charge is 0.460 e. The molecule has 0 spiro atoms.